The normalized spacial score (nSPS) is 14.6. The van der Waals surface area contributed by atoms with Gasteiger partial charge in [0.25, 0.3) is 0 Å². The predicted octanol–water partition coefficient (Wildman–Crippen LogP) is 3.57. The molecule has 0 saturated heterocycles. The summed E-state index contributed by atoms with van der Waals surface area (Å²) < 4.78 is 3.45. The maximum atomic E-state index is 4.72. The zero-order valence-corrected chi connectivity index (χ0v) is 11.3. The molecule has 0 bridgehead atoms. The molecule has 1 aromatic heterocycles. The Labute approximate surface area is 110 Å². The topological polar surface area (TPSA) is 17.8 Å². The Bertz CT molecular complexity index is 507. The first-order chi connectivity index (χ1) is 8.31. The van der Waals surface area contributed by atoms with Gasteiger partial charge in [0.05, 0.1) is 5.69 Å². The summed E-state index contributed by atoms with van der Waals surface area (Å²) in [6.45, 7) is 1.14. The molecule has 88 valence electrons. The summed E-state index contributed by atoms with van der Waals surface area (Å²) >= 11 is 3.51. The van der Waals surface area contributed by atoms with Crippen LogP contribution >= 0.6 is 15.9 Å². The van der Waals surface area contributed by atoms with E-state index in [2.05, 4.69) is 51.0 Å². The Morgan fingerprint density at radius 2 is 2.24 bits per heavy atom. The van der Waals surface area contributed by atoms with Crippen molar-refractivity contribution in [3.05, 3.63) is 52.0 Å². The third kappa shape index (κ3) is 2.44. The highest BCUT2D eigenvalue weighted by atomic mass is 79.9. The second-order valence-corrected chi connectivity index (χ2v) is 5.52. The fourth-order valence-electron chi connectivity index (χ4n) is 2.41. The lowest BCUT2D eigenvalue weighted by molar-refractivity contribution is 0.522. The van der Waals surface area contributed by atoms with Crippen LogP contribution in [0.3, 0.4) is 0 Å². The van der Waals surface area contributed by atoms with Gasteiger partial charge in [0, 0.05) is 30.1 Å². The van der Waals surface area contributed by atoms with Crippen LogP contribution in [0.2, 0.25) is 0 Å². The summed E-state index contributed by atoms with van der Waals surface area (Å²) in [5.74, 6) is 1.27. The summed E-state index contributed by atoms with van der Waals surface area (Å²) in [5.41, 5.74) is 2.51. The first-order valence-electron chi connectivity index (χ1n) is 6.10. The van der Waals surface area contributed by atoms with E-state index in [9.17, 15) is 0 Å². The summed E-state index contributed by atoms with van der Waals surface area (Å²) in [6.07, 6.45) is 6.86. The van der Waals surface area contributed by atoms with Crippen LogP contribution < -0.4 is 0 Å². The zero-order chi connectivity index (χ0) is 11.7. The predicted molar refractivity (Wildman–Crippen MR) is 72.1 cm³/mol. The molecule has 0 atom stereocenters. The summed E-state index contributed by atoms with van der Waals surface area (Å²) in [4.78, 5) is 4.72. The van der Waals surface area contributed by atoms with Gasteiger partial charge in [0.2, 0.25) is 0 Å². The molecule has 0 unspecified atom stereocenters. The number of nitrogens with zero attached hydrogens (tertiary/aromatic N) is 2. The van der Waals surface area contributed by atoms with E-state index in [-0.39, 0.29) is 0 Å². The summed E-state index contributed by atoms with van der Waals surface area (Å²) in [6, 6.07) is 8.46. The number of aryl methyl sites for hydroxylation is 2. The van der Waals surface area contributed by atoms with Gasteiger partial charge in [-0.2, -0.15) is 0 Å². The van der Waals surface area contributed by atoms with Crippen molar-refractivity contribution in [2.24, 2.45) is 0 Å². The van der Waals surface area contributed by atoms with Crippen molar-refractivity contribution in [1.82, 2.24) is 9.55 Å². The van der Waals surface area contributed by atoms with Crippen LogP contribution in [-0.4, -0.2) is 9.55 Å². The molecule has 2 nitrogen and oxygen atoms in total. The van der Waals surface area contributed by atoms with Crippen LogP contribution in [0, 0.1) is 0 Å². The number of hydrogen-bond acceptors (Lipinski definition) is 1. The summed E-state index contributed by atoms with van der Waals surface area (Å²) in [7, 11) is 0. The maximum Gasteiger partial charge on any atom is 0.108 e. The van der Waals surface area contributed by atoms with E-state index in [1.54, 1.807) is 0 Å². The van der Waals surface area contributed by atoms with Crippen molar-refractivity contribution in [1.29, 1.82) is 0 Å². The maximum absolute atomic E-state index is 4.72. The van der Waals surface area contributed by atoms with E-state index in [4.69, 9.17) is 4.98 Å². The minimum absolute atomic E-state index is 0.930. The highest BCUT2D eigenvalue weighted by Crippen LogP contribution is 2.18. The largest absolute Gasteiger partial charge is 0.335 e. The Kier molecular flexibility index (Phi) is 3.02. The van der Waals surface area contributed by atoms with E-state index in [0.29, 0.717) is 0 Å². The average Bonchev–Trinajstić information content (AvgIpc) is 2.71. The highest BCUT2D eigenvalue weighted by Gasteiger charge is 2.12. The van der Waals surface area contributed by atoms with Crippen molar-refractivity contribution in [3.8, 4) is 0 Å². The van der Waals surface area contributed by atoms with E-state index >= 15 is 0 Å². The second kappa shape index (κ2) is 4.65. The van der Waals surface area contributed by atoms with Gasteiger partial charge in [0.15, 0.2) is 0 Å². The van der Waals surface area contributed by atoms with Gasteiger partial charge in [-0.05, 0) is 30.5 Å². The average molecular weight is 291 g/mol. The molecular weight excluding hydrogens is 276 g/mol. The Hall–Kier alpha value is -1.09. The fraction of sp³-hybridized carbons (Fsp3) is 0.357. The number of aromatic nitrogens is 2. The lowest BCUT2D eigenvalue weighted by Gasteiger charge is -2.11. The number of halogens is 1. The van der Waals surface area contributed by atoms with Gasteiger partial charge in [0.1, 0.15) is 5.82 Å². The van der Waals surface area contributed by atoms with Gasteiger partial charge in [-0.25, -0.2) is 4.98 Å². The van der Waals surface area contributed by atoms with Crippen LogP contribution in [0.4, 0.5) is 0 Å². The van der Waals surface area contributed by atoms with E-state index in [1.165, 1.54) is 29.9 Å². The van der Waals surface area contributed by atoms with Gasteiger partial charge in [-0.15, -0.1) is 0 Å². The van der Waals surface area contributed by atoms with Crippen LogP contribution in [0.15, 0.2) is 34.9 Å². The van der Waals surface area contributed by atoms with Crippen molar-refractivity contribution in [3.63, 3.8) is 0 Å². The number of hydrogen-bond donors (Lipinski definition) is 0. The van der Waals surface area contributed by atoms with Crippen LogP contribution in [-0.2, 0) is 19.4 Å². The number of imidazole rings is 1. The first kappa shape index (κ1) is 11.0. The molecule has 0 saturated carbocycles. The first-order valence-corrected chi connectivity index (χ1v) is 6.90. The van der Waals surface area contributed by atoms with E-state index in [1.807, 2.05) is 0 Å². The van der Waals surface area contributed by atoms with Crippen molar-refractivity contribution in [2.45, 2.75) is 32.2 Å². The molecule has 2 aromatic rings. The minimum atomic E-state index is 0.930. The number of fused-ring (bicyclic) bond motifs is 1. The van der Waals surface area contributed by atoms with Crippen molar-refractivity contribution in [2.75, 3.05) is 0 Å². The van der Waals surface area contributed by atoms with Crippen LogP contribution in [0.1, 0.15) is 29.9 Å². The minimum Gasteiger partial charge on any atom is -0.335 e. The molecule has 2 heterocycles. The molecule has 0 fully saturated rings. The molecule has 1 aromatic carbocycles. The van der Waals surface area contributed by atoms with Gasteiger partial charge in [-0.1, -0.05) is 28.1 Å². The standard InChI is InChI=1S/C14H15BrN2/c15-12-5-3-4-11(8-12)9-13-10-17-7-2-1-6-14(17)16-13/h3-5,8,10H,1-2,6-7,9H2. The molecule has 0 amide bonds. The van der Waals surface area contributed by atoms with Crippen molar-refractivity contribution >= 4 is 15.9 Å². The van der Waals surface area contributed by atoms with Gasteiger partial charge in [-0.3, -0.25) is 0 Å². The van der Waals surface area contributed by atoms with Gasteiger partial charge >= 0.3 is 0 Å². The molecule has 0 N–H and O–H groups in total. The smallest absolute Gasteiger partial charge is 0.108 e. The Balaban J connectivity index is 1.83. The lowest BCUT2D eigenvalue weighted by Crippen LogP contribution is -2.08. The third-order valence-corrected chi connectivity index (χ3v) is 3.73. The molecular formula is C14H15BrN2. The Morgan fingerprint density at radius 3 is 3.06 bits per heavy atom. The van der Waals surface area contributed by atoms with Crippen LogP contribution in [0.5, 0.6) is 0 Å². The highest BCUT2D eigenvalue weighted by molar-refractivity contribution is 9.10. The molecule has 0 spiro atoms. The fourth-order valence-corrected chi connectivity index (χ4v) is 2.86. The molecule has 3 heteroatoms. The SMILES string of the molecule is Brc1cccc(Cc2cn3c(n2)CCCC3)c1. The third-order valence-electron chi connectivity index (χ3n) is 3.23. The molecule has 0 radical (unpaired) electrons. The summed E-state index contributed by atoms with van der Waals surface area (Å²) in [5, 5.41) is 0. The van der Waals surface area contributed by atoms with Gasteiger partial charge < -0.3 is 4.57 Å². The molecule has 1 aliphatic heterocycles. The molecule has 3 rings (SSSR count). The number of rotatable bonds is 2. The zero-order valence-electron chi connectivity index (χ0n) is 9.69. The Morgan fingerprint density at radius 1 is 1.29 bits per heavy atom. The molecule has 0 aliphatic carbocycles. The van der Waals surface area contributed by atoms with Crippen molar-refractivity contribution < 1.29 is 0 Å². The second-order valence-electron chi connectivity index (χ2n) is 4.61. The monoisotopic (exact) mass is 290 g/mol. The van der Waals surface area contributed by atoms with Crippen LogP contribution in [0.25, 0.3) is 0 Å². The van der Waals surface area contributed by atoms with E-state index < -0.39 is 0 Å². The quantitative estimate of drug-likeness (QED) is 0.827. The number of benzene rings is 1. The lowest BCUT2D eigenvalue weighted by atomic mass is 10.1. The molecule has 17 heavy (non-hydrogen) atoms. The van der Waals surface area contributed by atoms with E-state index in [0.717, 1.165) is 23.9 Å². The molecule has 1 aliphatic rings.